The highest BCUT2D eigenvalue weighted by Gasteiger charge is 2.18. The highest BCUT2D eigenvalue weighted by Crippen LogP contribution is 2.23. The van der Waals surface area contributed by atoms with E-state index >= 15 is 0 Å². The lowest BCUT2D eigenvalue weighted by molar-refractivity contribution is -0.116. The second-order valence-corrected chi connectivity index (χ2v) is 3.93. The summed E-state index contributed by atoms with van der Waals surface area (Å²) in [5.74, 6) is -1.12. The number of nitrogens with two attached hydrogens (primary N) is 1. The first-order valence-electron chi connectivity index (χ1n) is 5.21. The summed E-state index contributed by atoms with van der Waals surface area (Å²) in [4.78, 5) is 12.6. The maximum Gasteiger partial charge on any atom is 0.236 e. The number of nitrogens with zero attached hydrogens (tertiary/aromatic N) is 2. The number of carbonyl (C=O) groups excluding carboxylic acids is 1. The van der Waals surface area contributed by atoms with Gasteiger partial charge < -0.3 is 10.6 Å². The van der Waals surface area contributed by atoms with E-state index in [1.54, 1.807) is 17.0 Å². The van der Waals surface area contributed by atoms with Gasteiger partial charge in [0.1, 0.15) is 17.4 Å². The molecular weight excluding hydrogens is 221 g/mol. The fourth-order valence-corrected chi connectivity index (χ4v) is 1.58. The van der Waals surface area contributed by atoms with Gasteiger partial charge in [-0.15, -0.1) is 0 Å². The van der Waals surface area contributed by atoms with Crippen molar-refractivity contribution in [1.82, 2.24) is 0 Å². The molecule has 1 rings (SSSR count). The van der Waals surface area contributed by atoms with Gasteiger partial charge in [0.2, 0.25) is 5.91 Å². The molecule has 0 aromatic heterocycles. The summed E-state index contributed by atoms with van der Waals surface area (Å²) < 4.78 is 13.4. The van der Waals surface area contributed by atoms with Crippen LogP contribution in [-0.4, -0.2) is 18.5 Å². The second kappa shape index (κ2) is 5.30. The van der Waals surface area contributed by atoms with Crippen molar-refractivity contribution in [2.45, 2.75) is 19.9 Å². The topological polar surface area (TPSA) is 70.1 Å². The molecule has 0 spiro atoms. The molecule has 0 unspecified atom stereocenters. The Balaban J connectivity index is 3.24. The third-order valence-corrected chi connectivity index (χ3v) is 2.36. The number of rotatable bonds is 4. The number of benzene rings is 1. The van der Waals surface area contributed by atoms with Crippen LogP contribution in [0, 0.1) is 17.1 Å². The second-order valence-electron chi connectivity index (χ2n) is 3.93. The van der Waals surface area contributed by atoms with Gasteiger partial charge in [-0.2, -0.15) is 5.26 Å². The predicted molar refractivity (Wildman–Crippen MR) is 62.8 cm³/mol. The van der Waals surface area contributed by atoms with Gasteiger partial charge in [-0.25, -0.2) is 4.39 Å². The molecule has 0 aliphatic heterocycles. The van der Waals surface area contributed by atoms with Gasteiger partial charge in [0.15, 0.2) is 0 Å². The summed E-state index contributed by atoms with van der Waals surface area (Å²) >= 11 is 0. The molecule has 0 aliphatic rings. The monoisotopic (exact) mass is 235 g/mol. The average molecular weight is 235 g/mol. The van der Waals surface area contributed by atoms with Gasteiger partial charge in [-0.05, 0) is 26.0 Å². The minimum atomic E-state index is -0.597. The lowest BCUT2D eigenvalue weighted by Gasteiger charge is -2.28. The maximum atomic E-state index is 13.4. The highest BCUT2D eigenvalue weighted by atomic mass is 19.1. The summed E-state index contributed by atoms with van der Waals surface area (Å²) in [5, 5.41) is 8.93. The van der Waals surface area contributed by atoms with Crippen molar-refractivity contribution in [1.29, 1.82) is 5.26 Å². The van der Waals surface area contributed by atoms with Crippen LogP contribution < -0.4 is 10.6 Å². The standard InChI is InChI=1S/C12H14FN3O/c1-8(2)16(7-12(15)17)11-5-3-4-10(13)9(11)6-14/h3-5,8H,7H2,1-2H3,(H2,15,17). The molecule has 0 fully saturated rings. The highest BCUT2D eigenvalue weighted by molar-refractivity contribution is 5.80. The molecule has 17 heavy (non-hydrogen) atoms. The van der Waals surface area contributed by atoms with E-state index in [1.165, 1.54) is 12.1 Å². The quantitative estimate of drug-likeness (QED) is 0.857. The van der Waals surface area contributed by atoms with Crippen LogP contribution in [0.2, 0.25) is 0 Å². The van der Waals surface area contributed by atoms with E-state index in [-0.39, 0.29) is 18.2 Å². The Kier molecular flexibility index (Phi) is 4.05. The summed E-state index contributed by atoms with van der Waals surface area (Å²) in [6.07, 6.45) is 0. The number of nitriles is 1. The molecule has 0 saturated heterocycles. The third-order valence-electron chi connectivity index (χ3n) is 2.36. The lowest BCUT2D eigenvalue weighted by atomic mass is 10.1. The van der Waals surface area contributed by atoms with Crippen LogP contribution in [0.5, 0.6) is 0 Å². The van der Waals surface area contributed by atoms with E-state index in [1.807, 2.05) is 13.8 Å². The average Bonchev–Trinajstić information content (AvgIpc) is 2.25. The van der Waals surface area contributed by atoms with E-state index in [0.29, 0.717) is 5.69 Å². The van der Waals surface area contributed by atoms with Crippen molar-refractivity contribution >= 4 is 11.6 Å². The van der Waals surface area contributed by atoms with Crippen LogP contribution in [0.15, 0.2) is 18.2 Å². The van der Waals surface area contributed by atoms with Crippen LogP contribution in [0.25, 0.3) is 0 Å². The van der Waals surface area contributed by atoms with Crippen LogP contribution in [0.4, 0.5) is 10.1 Å². The lowest BCUT2D eigenvalue weighted by Crippen LogP contribution is -2.39. The molecule has 2 N–H and O–H groups in total. The van der Waals surface area contributed by atoms with Crippen molar-refractivity contribution < 1.29 is 9.18 Å². The zero-order valence-electron chi connectivity index (χ0n) is 9.77. The molecular formula is C12H14FN3O. The van der Waals surface area contributed by atoms with Crippen molar-refractivity contribution in [3.8, 4) is 6.07 Å². The summed E-state index contributed by atoms with van der Waals surface area (Å²) in [7, 11) is 0. The number of halogens is 1. The predicted octanol–water partition coefficient (Wildman–Crippen LogP) is 1.40. The zero-order chi connectivity index (χ0) is 13.0. The van der Waals surface area contributed by atoms with E-state index in [9.17, 15) is 9.18 Å². The van der Waals surface area contributed by atoms with Crippen molar-refractivity contribution in [3.63, 3.8) is 0 Å². The van der Waals surface area contributed by atoms with Crippen LogP contribution in [0.1, 0.15) is 19.4 Å². The molecule has 90 valence electrons. The molecule has 0 saturated carbocycles. The Hall–Kier alpha value is -2.09. The van der Waals surface area contributed by atoms with E-state index < -0.39 is 11.7 Å². The fraction of sp³-hybridized carbons (Fsp3) is 0.333. The molecule has 1 amide bonds. The number of anilines is 1. The van der Waals surface area contributed by atoms with Gasteiger partial charge in [-0.1, -0.05) is 6.07 Å². The first kappa shape index (κ1) is 13.0. The zero-order valence-corrected chi connectivity index (χ0v) is 9.77. The first-order valence-corrected chi connectivity index (χ1v) is 5.21. The molecule has 0 heterocycles. The smallest absolute Gasteiger partial charge is 0.236 e. The van der Waals surface area contributed by atoms with Gasteiger partial charge in [0, 0.05) is 6.04 Å². The minimum absolute atomic E-state index is 0.0458. The molecule has 0 bridgehead atoms. The molecule has 0 aliphatic carbocycles. The van der Waals surface area contributed by atoms with Gasteiger partial charge in [0.25, 0.3) is 0 Å². The summed E-state index contributed by atoms with van der Waals surface area (Å²) in [6.45, 7) is 3.64. The molecule has 5 heteroatoms. The molecule has 1 aromatic carbocycles. The maximum absolute atomic E-state index is 13.4. The van der Waals surface area contributed by atoms with Crippen molar-refractivity contribution in [3.05, 3.63) is 29.6 Å². The molecule has 1 aromatic rings. The molecule has 0 radical (unpaired) electrons. The van der Waals surface area contributed by atoms with Crippen molar-refractivity contribution in [2.24, 2.45) is 5.73 Å². The molecule has 4 nitrogen and oxygen atoms in total. The number of hydrogen-bond acceptors (Lipinski definition) is 3. The van der Waals surface area contributed by atoms with Gasteiger partial charge in [-0.3, -0.25) is 4.79 Å². The van der Waals surface area contributed by atoms with Crippen LogP contribution in [-0.2, 0) is 4.79 Å². The van der Waals surface area contributed by atoms with Gasteiger partial charge >= 0.3 is 0 Å². The number of primary amides is 1. The fourth-order valence-electron chi connectivity index (χ4n) is 1.58. The first-order chi connectivity index (χ1) is 7.97. The largest absolute Gasteiger partial charge is 0.368 e. The Bertz CT molecular complexity index is 465. The van der Waals surface area contributed by atoms with Crippen molar-refractivity contribution in [2.75, 3.05) is 11.4 Å². The Labute approximate surface area is 99.4 Å². The van der Waals surface area contributed by atoms with Crippen LogP contribution in [0.3, 0.4) is 0 Å². The minimum Gasteiger partial charge on any atom is -0.368 e. The molecule has 0 atom stereocenters. The third kappa shape index (κ3) is 2.94. The number of hydrogen-bond donors (Lipinski definition) is 1. The SMILES string of the molecule is CC(C)N(CC(N)=O)c1cccc(F)c1C#N. The number of amides is 1. The Morgan fingerprint density at radius 2 is 2.24 bits per heavy atom. The summed E-state index contributed by atoms with van der Waals surface area (Å²) in [6, 6.07) is 6.06. The number of carbonyl (C=O) groups is 1. The van der Waals surface area contributed by atoms with Crippen LogP contribution >= 0.6 is 0 Å². The van der Waals surface area contributed by atoms with E-state index in [2.05, 4.69) is 0 Å². The normalized spacial score (nSPS) is 10.1. The van der Waals surface area contributed by atoms with Gasteiger partial charge in [0.05, 0.1) is 12.2 Å². The van der Waals surface area contributed by atoms with E-state index in [4.69, 9.17) is 11.0 Å². The Morgan fingerprint density at radius 3 is 2.71 bits per heavy atom. The summed E-state index contributed by atoms with van der Waals surface area (Å²) in [5.41, 5.74) is 5.46. The Morgan fingerprint density at radius 1 is 1.59 bits per heavy atom. The van der Waals surface area contributed by atoms with E-state index in [0.717, 1.165) is 0 Å².